The minimum absolute atomic E-state index is 0.457. The number of aliphatic carboxylic acids is 1. The normalized spacial score (nSPS) is 31.5. The van der Waals surface area contributed by atoms with Crippen molar-refractivity contribution >= 4 is 17.7 Å². The van der Waals surface area contributed by atoms with Gasteiger partial charge in [-0.25, -0.2) is 0 Å². The number of hydrogen-bond acceptors (Lipinski definition) is 2. The van der Waals surface area contributed by atoms with Crippen LogP contribution in [-0.2, 0) is 4.79 Å². The average Bonchev–Trinajstić information content (AvgIpc) is 2.27. The van der Waals surface area contributed by atoms with Crippen molar-refractivity contribution < 1.29 is 9.90 Å². The first-order valence-corrected chi connectivity index (χ1v) is 7.00. The van der Waals surface area contributed by atoms with Crippen LogP contribution in [0.3, 0.4) is 0 Å². The van der Waals surface area contributed by atoms with Gasteiger partial charge in [-0.05, 0) is 43.8 Å². The highest BCUT2D eigenvalue weighted by atomic mass is 32.2. The largest absolute Gasteiger partial charge is 0.480 e. The summed E-state index contributed by atoms with van der Waals surface area (Å²) in [6.45, 7) is 4.32. The number of carboxylic acid groups (broad SMARTS) is 1. The van der Waals surface area contributed by atoms with Crippen molar-refractivity contribution in [1.82, 2.24) is 0 Å². The van der Waals surface area contributed by atoms with Crippen molar-refractivity contribution in [2.45, 2.75) is 57.1 Å². The number of carbonyl (C=O) groups is 1. The number of carboxylic acids is 1. The Balaban J connectivity index is 2.56. The summed E-state index contributed by atoms with van der Waals surface area (Å²) in [6, 6.07) is 0. The van der Waals surface area contributed by atoms with E-state index in [-0.39, 0.29) is 0 Å². The molecular formula is C12H22O2S. The third-order valence-electron chi connectivity index (χ3n) is 3.46. The number of hydrogen-bond donors (Lipinski definition) is 1. The summed E-state index contributed by atoms with van der Waals surface area (Å²) in [6.07, 6.45) is 6.20. The predicted molar refractivity (Wildman–Crippen MR) is 65.4 cm³/mol. The Labute approximate surface area is 96.8 Å². The fourth-order valence-electron chi connectivity index (χ4n) is 2.27. The Morgan fingerprint density at radius 1 is 1.40 bits per heavy atom. The van der Waals surface area contributed by atoms with E-state index in [0.717, 1.165) is 43.8 Å². The summed E-state index contributed by atoms with van der Waals surface area (Å²) in [5, 5.41) is 9.35. The molecule has 0 aromatic rings. The molecule has 0 atom stereocenters. The van der Waals surface area contributed by atoms with Crippen LogP contribution in [0.5, 0.6) is 0 Å². The monoisotopic (exact) mass is 230 g/mol. The van der Waals surface area contributed by atoms with Crippen LogP contribution in [0.4, 0.5) is 0 Å². The van der Waals surface area contributed by atoms with E-state index in [1.54, 1.807) is 11.8 Å². The smallest absolute Gasteiger partial charge is 0.319 e. The molecule has 1 N–H and O–H groups in total. The minimum atomic E-state index is -0.587. The highest BCUT2D eigenvalue weighted by Gasteiger charge is 2.41. The maximum absolute atomic E-state index is 11.4. The van der Waals surface area contributed by atoms with Gasteiger partial charge in [-0.2, -0.15) is 0 Å². The molecule has 2 nitrogen and oxygen atoms in total. The van der Waals surface area contributed by atoms with Gasteiger partial charge in [0.05, 0.1) is 0 Å². The zero-order chi connectivity index (χ0) is 11.3. The van der Waals surface area contributed by atoms with Crippen molar-refractivity contribution in [3.05, 3.63) is 0 Å². The fourth-order valence-corrected chi connectivity index (χ4v) is 3.51. The average molecular weight is 230 g/mol. The van der Waals surface area contributed by atoms with Gasteiger partial charge in [0.15, 0.2) is 0 Å². The van der Waals surface area contributed by atoms with Gasteiger partial charge >= 0.3 is 5.97 Å². The summed E-state index contributed by atoms with van der Waals surface area (Å²) >= 11 is 1.67. The summed E-state index contributed by atoms with van der Waals surface area (Å²) in [5.41, 5.74) is 0. The SMILES string of the molecule is CCCSC1(C(=O)O)CCC(CC)CC1. The lowest BCUT2D eigenvalue weighted by Gasteiger charge is -2.36. The Morgan fingerprint density at radius 3 is 2.40 bits per heavy atom. The van der Waals surface area contributed by atoms with E-state index in [1.807, 2.05) is 0 Å². The maximum atomic E-state index is 11.4. The van der Waals surface area contributed by atoms with Crippen LogP contribution in [0.2, 0.25) is 0 Å². The predicted octanol–water partition coefficient (Wildman–Crippen LogP) is 3.55. The molecule has 0 aromatic carbocycles. The molecule has 0 heterocycles. The summed E-state index contributed by atoms with van der Waals surface area (Å²) < 4.78 is -0.457. The van der Waals surface area contributed by atoms with Crippen molar-refractivity contribution in [3.8, 4) is 0 Å². The van der Waals surface area contributed by atoms with Crippen LogP contribution >= 0.6 is 11.8 Å². The van der Waals surface area contributed by atoms with Crippen LogP contribution in [-0.4, -0.2) is 21.6 Å². The molecule has 15 heavy (non-hydrogen) atoms. The molecule has 1 fully saturated rings. The lowest BCUT2D eigenvalue weighted by Crippen LogP contribution is -2.39. The minimum Gasteiger partial charge on any atom is -0.480 e. The molecule has 0 saturated heterocycles. The van der Waals surface area contributed by atoms with Gasteiger partial charge in [-0.1, -0.05) is 20.3 Å². The van der Waals surface area contributed by atoms with E-state index in [2.05, 4.69) is 13.8 Å². The maximum Gasteiger partial charge on any atom is 0.319 e. The molecule has 0 spiro atoms. The topological polar surface area (TPSA) is 37.3 Å². The van der Waals surface area contributed by atoms with E-state index in [1.165, 1.54) is 6.42 Å². The van der Waals surface area contributed by atoms with Crippen LogP contribution in [0, 0.1) is 5.92 Å². The molecular weight excluding hydrogens is 208 g/mol. The molecule has 0 bridgehead atoms. The summed E-state index contributed by atoms with van der Waals surface area (Å²) in [5.74, 6) is 1.15. The second kappa shape index (κ2) is 5.78. The Bertz CT molecular complexity index is 208. The van der Waals surface area contributed by atoms with Gasteiger partial charge in [0.2, 0.25) is 0 Å². The van der Waals surface area contributed by atoms with E-state index >= 15 is 0 Å². The lowest BCUT2D eigenvalue weighted by atomic mass is 9.80. The second-order valence-corrected chi connectivity index (χ2v) is 5.98. The Kier molecular flexibility index (Phi) is 4.97. The molecule has 3 heteroatoms. The molecule has 88 valence electrons. The highest BCUT2D eigenvalue weighted by Crippen LogP contribution is 2.43. The first kappa shape index (κ1) is 12.9. The first-order chi connectivity index (χ1) is 7.14. The van der Waals surface area contributed by atoms with E-state index < -0.39 is 10.7 Å². The Hall–Kier alpha value is -0.180. The van der Waals surface area contributed by atoms with Gasteiger partial charge in [0.25, 0.3) is 0 Å². The van der Waals surface area contributed by atoms with Crippen LogP contribution < -0.4 is 0 Å². The van der Waals surface area contributed by atoms with Gasteiger partial charge in [-0.3, -0.25) is 4.79 Å². The van der Waals surface area contributed by atoms with Gasteiger partial charge in [0.1, 0.15) is 4.75 Å². The molecule has 0 unspecified atom stereocenters. The van der Waals surface area contributed by atoms with Crippen molar-refractivity contribution in [2.24, 2.45) is 5.92 Å². The molecule has 0 aromatic heterocycles. The number of rotatable bonds is 5. The zero-order valence-electron chi connectivity index (χ0n) is 9.79. The van der Waals surface area contributed by atoms with E-state index in [4.69, 9.17) is 0 Å². The van der Waals surface area contributed by atoms with E-state index in [9.17, 15) is 9.90 Å². The lowest BCUT2D eigenvalue weighted by molar-refractivity contribution is -0.141. The third kappa shape index (κ3) is 3.13. The second-order valence-electron chi connectivity index (χ2n) is 4.50. The molecule has 0 amide bonds. The summed E-state index contributed by atoms with van der Waals surface area (Å²) in [7, 11) is 0. The molecule has 0 aliphatic heterocycles. The molecule has 1 rings (SSSR count). The molecule has 1 aliphatic carbocycles. The van der Waals surface area contributed by atoms with Gasteiger partial charge < -0.3 is 5.11 Å². The fraction of sp³-hybridized carbons (Fsp3) is 0.917. The van der Waals surface area contributed by atoms with E-state index in [0.29, 0.717) is 0 Å². The molecule has 1 aliphatic rings. The standard InChI is InChI=1S/C12H22O2S/c1-3-9-15-12(11(13)14)7-5-10(4-2)6-8-12/h10H,3-9H2,1-2H3,(H,13,14). The highest BCUT2D eigenvalue weighted by molar-refractivity contribution is 8.01. The van der Waals surface area contributed by atoms with Crippen LogP contribution in [0.15, 0.2) is 0 Å². The molecule has 0 radical (unpaired) electrons. The summed E-state index contributed by atoms with van der Waals surface area (Å²) in [4.78, 5) is 11.4. The van der Waals surface area contributed by atoms with Crippen molar-refractivity contribution in [2.75, 3.05) is 5.75 Å². The third-order valence-corrected chi connectivity index (χ3v) is 5.21. The van der Waals surface area contributed by atoms with Crippen LogP contribution in [0.1, 0.15) is 52.4 Å². The molecule has 1 saturated carbocycles. The van der Waals surface area contributed by atoms with Crippen molar-refractivity contribution in [1.29, 1.82) is 0 Å². The van der Waals surface area contributed by atoms with Gasteiger partial charge in [-0.15, -0.1) is 11.8 Å². The van der Waals surface area contributed by atoms with Crippen molar-refractivity contribution in [3.63, 3.8) is 0 Å². The zero-order valence-corrected chi connectivity index (χ0v) is 10.6. The van der Waals surface area contributed by atoms with Gasteiger partial charge in [0, 0.05) is 0 Å². The number of thioether (sulfide) groups is 1. The van der Waals surface area contributed by atoms with Crippen LogP contribution in [0.25, 0.3) is 0 Å². The first-order valence-electron chi connectivity index (χ1n) is 6.02. The Morgan fingerprint density at radius 2 is 2.00 bits per heavy atom. The quantitative estimate of drug-likeness (QED) is 0.784.